The molecule has 0 bridgehead atoms. The van der Waals surface area contributed by atoms with Gasteiger partial charge in [0.05, 0.1) is 4.91 Å². The molecule has 2 aromatic carbocycles. The van der Waals surface area contributed by atoms with Crippen LogP contribution in [0.5, 0.6) is 5.75 Å². The summed E-state index contributed by atoms with van der Waals surface area (Å²) in [5.41, 5.74) is 3.38. The quantitative estimate of drug-likeness (QED) is 0.318. The first-order valence-electron chi connectivity index (χ1n) is 11.1. The highest BCUT2D eigenvalue weighted by atomic mass is 32.2. The second-order valence-corrected chi connectivity index (χ2v) is 8.79. The number of thioether (sulfide) groups is 1. The van der Waals surface area contributed by atoms with Crippen molar-refractivity contribution in [2.45, 2.75) is 53.1 Å². The number of benzene rings is 2. The van der Waals surface area contributed by atoms with Gasteiger partial charge in [-0.3, -0.25) is 14.7 Å². The van der Waals surface area contributed by atoms with E-state index in [1.165, 1.54) is 17.3 Å². The Morgan fingerprint density at radius 2 is 1.71 bits per heavy atom. The smallest absolute Gasteiger partial charge is 0.266 e. The normalized spacial score (nSPS) is 16.5. The van der Waals surface area contributed by atoms with Crippen LogP contribution < -0.4 is 4.74 Å². The molecule has 2 aromatic rings. The number of hydrogen-bond donors (Lipinski definition) is 0. The standard InChI is InChI=1S/C26H32N2O2S/c1-4-6-16-27-26-28(17-7-5-2)25(29)24(31-26)18-21-12-14-23(15-13-21)30-19-22-10-8-20(3)9-11-22/h8-15,18H,4-7,16-17,19H2,1-3H3. The maximum absolute atomic E-state index is 12.9. The largest absolute Gasteiger partial charge is 0.489 e. The predicted molar refractivity (Wildman–Crippen MR) is 131 cm³/mol. The number of aliphatic imine (C=N–C) groups is 1. The van der Waals surface area contributed by atoms with E-state index in [9.17, 15) is 4.79 Å². The first-order chi connectivity index (χ1) is 15.1. The van der Waals surface area contributed by atoms with E-state index in [1.54, 1.807) is 0 Å². The molecule has 1 aliphatic rings. The lowest BCUT2D eigenvalue weighted by Gasteiger charge is -2.14. The number of amides is 1. The van der Waals surface area contributed by atoms with Gasteiger partial charge in [-0.05, 0) is 60.9 Å². The molecule has 0 aromatic heterocycles. The Bertz CT molecular complexity index is 917. The maximum Gasteiger partial charge on any atom is 0.266 e. The zero-order chi connectivity index (χ0) is 22.1. The summed E-state index contributed by atoms with van der Waals surface area (Å²) >= 11 is 1.49. The van der Waals surface area contributed by atoms with Crippen molar-refractivity contribution in [3.8, 4) is 5.75 Å². The first-order valence-corrected chi connectivity index (χ1v) is 12.0. The average molecular weight is 437 g/mol. The van der Waals surface area contributed by atoms with Gasteiger partial charge >= 0.3 is 0 Å². The van der Waals surface area contributed by atoms with Gasteiger partial charge in [0.25, 0.3) is 5.91 Å². The molecular formula is C26H32N2O2S. The van der Waals surface area contributed by atoms with E-state index in [1.807, 2.05) is 35.2 Å². The number of carbonyl (C=O) groups is 1. The highest BCUT2D eigenvalue weighted by molar-refractivity contribution is 8.18. The van der Waals surface area contributed by atoms with Crippen molar-refractivity contribution in [1.82, 2.24) is 4.90 Å². The highest BCUT2D eigenvalue weighted by Crippen LogP contribution is 2.33. The monoisotopic (exact) mass is 436 g/mol. The van der Waals surface area contributed by atoms with Gasteiger partial charge in [0.2, 0.25) is 0 Å². The number of hydrogen-bond acceptors (Lipinski definition) is 4. The molecule has 0 N–H and O–H groups in total. The third kappa shape index (κ3) is 6.73. The van der Waals surface area contributed by atoms with Crippen LogP contribution in [0.2, 0.25) is 0 Å². The molecule has 0 aliphatic carbocycles. The van der Waals surface area contributed by atoms with Gasteiger partial charge in [-0.2, -0.15) is 0 Å². The molecule has 164 valence electrons. The summed E-state index contributed by atoms with van der Waals surface area (Å²) in [5, 5.41) is 0.844. The summed E-state index contributed by atoms with van der Waals surface area (Å²) in [6, 6.07) is 16.2. The lowest BCUT2D eigenvalue weighted by molar-refractivity contribution is -0.122. The van der Waals surface area contributed by atoms with Crippen LogP contribution in [0.3, 0.4) is 0 Å². The average Bonchev–Trinajstić information content (AvgIpc) is 3.07. The number of carbonyl (C=O) groups excluding carboxylic acids is 1. The van der Waals surface area contributed by atoms with Crippen molar-refractivity contribution in [3.63, 3.8) is 0 Å². The molecule has 1 aliphatic heterocycles. The Labute approximate surface area is 190 Å². The van der Waals surface area contributed by atoms with Crippen LogP contribution in [-0.4, -0.2) is 29.1 Å². The van der Waals surface area contributed by atoms with E-state index in [4.69, 9.17) is 4.74 Å². The molecule has 31 heavy (non-hydrogen) atoms. The minimum Gasteiger partial charge on any atom is -0.489 e. The summed E-state index contributed by atoms with van der Waals surface area (Å²) in [4.78, 5) is 20.2. The van der Waals surface area contributed by atoms with Crippen molar-refractivity contribution in [3.05, 3.63) is 70.1 Å². The van der Waals surface area contributed by atoms with Crippen molar-refractivity contribution >= 4 is 28.9 Å². The summed E-state index contributed by atoms with van der Waals surface area (Å²) < 4.78 is 5.89. The van der Waals surface area contributed by atoms with Crippen LogP contribution in [0, 0.1) is 6.92 Å². The fourth-order valence-electron chi connectivity index (χ4n) is 3.13. The molecule has 1 heterocycles. The number of nitrogens with zero attached hydrogens (tertiary/aromatic N) is 2. The number of aryl methyl sites for hydroxylation is 1. The van der Waals surface area contributed by atoms with Crippen molar-refractivity contribution < 1.29 is 9.53 Å². The zero-order valence-electron chi connectivity index (χ0n) is 18.8. The Balaban J connectivity index is 1.66. The molecule has 4 nitrogen and oxygen atoms in total. The molecule has 1 saturated heterocycles. The summed E-state index contributed by atoms with van der Waals surface area (Å²) in [6.45, 7) is 8.42. The van der Waals surface area contributed by atoms with Crippen LogP contribution in [0.15, 0.2) is 58.4 Å². The zero-order valence-corrected chi connectivity index (χ0v) is 19.6. The van der Waals surface area contributed by atoms with E-state index in [0.717, 1.165) is 65.7 Å². The molecule has 3 rings (SSSR count). The Morgan fingerprint density at radius 3 is 2.39 bits per heavy atom. The molecule has 5 heteroatoms. The van der Waals surface area contributed by atoms with Gasteiger partial charge < -0.3 is 4.74 Å². The second kappa shape index (κ2) is 11.8. The van der Waals surface area contributed by atoms with Crippen LogP contribution >= 0.6 is 11.8 Å². The van der Waals surface area contributed by atoms with E-state index in [0.29, 0.717) is 6.61 Å². The van der Waals surface area contributed by atoms with Gasteiger partial charge in [-0.1, -0.05) is 68.7 Å². The first kappa shape index (κ1) is 23.1. The number of unbranched alkanes of at least 4 members (excludes halogenated alkanes) is 2. The van der Waals surface area contributed by atoms with Gasteiger partial charge in [0.15, 0.2) is 5.17 Å². The van der Waals surface area contributed by atoms with Crippen molar-refractivity contribution in [1.29, 1.82) is 0 Å². The SMILES string of the molecule is CCCCN=C1SC(=Cc2ccc(OCc3ccc(C)cc3)cc2)C(=O)N1CCCC. The fraction of sp³-hybridized carbons (Fsp3) is 0.385. The van der Waals surface area contributed by atoms with E-state index >= 15 is 0 Å². The van der Waals surface area contributed by atoms with E-state index < -0.39 is 0 Å². The molecule has 1 fully saturated rings. The van der Waals surface area contributed by atoms with Crippen LogP contribution in [0.1, 0.15) is 56.2 Å². The molecular weight excluding hydrogens is 404 g/mol. The second-order valence-electron chi connectivity index (χ2n) is 7.78. The molecule has 0 radical (unpaired) electrons. The number of amidine groups is 1. The van der Waals surface area contributed by atoms with Crippen molar-refractivity contribution in [2.24, 2.45) is 4.99 Å². The number of ether oxygens (including phenoxy) is 1. The molecule has 0 atom stereocenters. The lowest BCUT2D eigenvalue weighted by atomic mass is 10.1. The third-order valence-electron chi connectivity index (χ3n) is 5.09. The Hall–Kier alpha value is -2.53. The van der Waals surface area contributed by atoms with Gasteiger partial charge in [0.1, 0.15) is 12.4 Å². The molecule has 1 amide bonds. The fourth-order valence-corrected chi connectivity index (χ4v) is 4.16. The lowest BCUT2D eigenvalue weighted by Crippen LogP contribution is -2.30. The van der Waals surface area contributed by atoms with Crippen molar-refractivity contribution in [2.75, 3.05) is 13.1 Å². The van der Waals surface area contributed by atoms with E-state index in [2.05, 4.69) is 50.0 Å². The summed E-state index contributed by atoms with van der Waals surface area (Å²) in [7, 11) is 0. The van der Waals surface area contributed by atoms with Gasteiger partial charge in [-0.25, -0.2) is 0 Å². The van der Waals surface area contributed by atoms with Gasteiger partial charge in [-0.15, -0.1) is 0 Å². The van der Waals surface area contributed by atoms with Crippen LogP contribution in [0.25, 0.3) is 6.08 Å². The summed E-state index contributed by atoms with van der Waals surface area (Å²) in [5.74, 6) is 0.882. The molecule has 0 saturated carbocycles. The molecule has 0 unspecified atom stereocenters. The van der Waals surface area contributed by atoms with Crippen LogP contribution in [0.4, 0.5) is 0 Å². The maximum atomic E-state index is 12.9. The topological polar surface area (TPSA) is 41.9 Å². The van der Waals surface area contributed by atoms with Crippen LogP contribution in [-0.2, 0) is 11.4 Å². The molecule has 0 spiro atoms. The number of rotatable bonds is 10. The Kier molecular flexibility index (Phi) is 8.77. The highest BCUT2D eigenvalue weighted by Gasteiger charge is 2.32. The third-order valence-corrected chi connectivity index (χ3v) is 6.13. The van der Waals surface area contributed by atoms with E-state index in [-0.39, 0.29) is 5.91 Å². The van der Waals surface area contributed by atoms with Gasteiger partial charge in [0, 0.05) is 13.1 Å². The minimum atomic E-state index is 0.0633. The Morgan fingerprint density at radius 1 is 1.00 bits per heavy atom. The predicted octanol–water partition coefficient (Wildman–Crippen LogP) is 6.45. The minimum absolute atomic E-state index is 0.0633. The summed E-state index contributed by atoms with van der Waals surface area (Å²) in [6.07, 6.45) is 6.14.